The molecular weight excluding hydrogens is 363 g/mol. The number of benzene rings is 1. The van der Waals surface area contributed by atoms with Crippen LogP contribution in [-0.2, 0) is 15.3 Å². The highest BCUT2D eigenvalue weighted by Crippen LogP contribution is 2.39. The van der Waals surface area contributed by atoms with Crippen LogP contribution in [-0.4, -0.2) is 39.3 Å². The molecule has 1 aromatic carbocycles. The first kappa shape index (κ1) is 19.8. The van der Waals surface area contributed by atoms with E-state index >= 15 is 0 Å². The third-order valence-electron chi connectivity index (χ3n) is 4.67. The molecule has 1 fully saturated rings. The van der Waals surface area contributed by atoms with Gasteiger partial charge in [-0.3, -0.25) is 4.79 Å². The highest BCUT2D eigenvalue weighted by molar-refractivity contribution is 5.50. The van der Waals surface area contributed by atoms with Gasteiger partial charge in [-0.05, 0) is 44.5 Å². The summed E-state index contributed by atoms with van der Waals surface area (Å²) in [7, 11) is 0. The Kier molecular flexibility index (Phi) is 5.89. The molecule has 0 amide bonds. The Bertz CT molecular complexity index is 962. The minimum absolute atomic E-state index is 0.350. The molecule has 7 nitrogen and oxygen atoms in total. The molecule has 0 saturated carbocycles. The number of imidazole rings is 1. The van der Waals surface area contributed by atoms with Gasteiger partial charge in [0.25, 0.3) is 6.47 Å². The molecule has 1 N–H and O–H groups in total. The number of aryl methyl sites for hydroxylation is 1. The van der Waals surface area contributed by atoms with Crippen LogP contribution < -0.4 is 4.90 Å². The predicted octanol–water partition coefficient (Wildman–Crippen LogP) is 2.80. The van der Waals surface area contributed by atoms with Crippen molar-refractivity contribution in [2.75, 3.05) is 18.1 Å². The number of carbonyl (C=O) groups excluding carboxylic acids is 1. The van der Waals surface area contributed by atoms with Gasteiger partial charge in [0, 0.05) is 18.5 Å². The summed E-state index contributed by atoms with van der Waals surface area (Å²) in [6.45, 7) is 5.26. The number of halogens is 1. The Hall–Kier alpha value is -3.00. The van der Waals surface area contributed by atoms with Crippen LogP contribution in [0, 0.1) is 12.7 Å². The average Bonchev–Trinajstić information content (AvgIpc) is 3.27. The molecule has 3 aromatic rings. The number of hydrogen-bond acceptors (Lipinski definition) is 6. The summed E-state index contributed by atoms with van der Waals surface area (Å²) in [6, 6.07) is 9.86. The molecule has 2 aromatic heterocycles. The second-order valence-electron chi connectivity index (χ2n) is 6.49. The predicted molar refractivity (Wildman–Crippen MR) is 102 cm³/mol. The summed E-state index contributed by atoms with van der Waals surface area (Å²) in [4.78, 5) is 15.3. The van der Waals surface area contributed by atoms with Gasteiger partial charge in [-0.25, -0.2) is 13.9 Å². The number of carbonyl (C=O) groups is 1. The van der Waals surface area contributed by atoms with Crippen LogP contribution >= 0.6 is 0 Å². The van der Waals surface area contributed by atoms with Gasteiger partial charge in [-0.2, -0.15) is 0 Å². The van der Waals surface area contributed by atoms with Crippen molar-refractivity contribution in [3.8, 4) is 0 Å². The van der Waals surface area contributed by atoms with Crippen LogP contribution in [0.4, 0.5) is 10.2 Å². The van der Waals surface area contributed by atoms with Crippen molar-refractivity contribution < 1.29 is 19.0 Å². The SMILES string of the molecule is CCOC=O.Cc1cnc2ccc(N3CCCC3(O)c3cccc(F)c3)nn12. The number of aliphatic hydroxyl groups is 1. The lowest BCUT2D eigenvalue weighted by molar-refractivity contribution is -0.128. The first-order valence-corrected chi connectivity index (χ1v) is 9.12. The fourth-order valence-corrected chi connectivity index (χ4v) is 3.34. The fraction of sp³-hybridized carbons (Fsp3) is 0.350. The molecule has 1 aliphatic heterocycles. The van der Waals surface area contributed by atoms with Gasteiger partial charge in [0.05, 0.1) is 18.5 Å². The van der Waals surface area contributed by atoms with Gasteiger partial charge in [-0.15, -0.1) is 5.10 Å². The molecular formula is C20H23FN4O3. The van der Waals surface area contributed by atoms with E-state index in [1.165, 1.54) is 12.1 Å². The molecule has 0 spiro atoms. The third-order valence-corrected chi connectivity index (χ3v) is 4.67. The zero-order chi connectivity index (χ0) is 20.1. The van der Waals surface area contributed by atoms with Crippen molar-refractivity contribution in [1.29, 1.82) is 0 Å². The number of ether oxygens (including phenoxy) is 1. The highest BCUT2D eigenvalue weighted by Gasteiger charge is 2.41. The van der Waals surface area contributed by atoms with E-state index in [0.29, 0.717) is 37.4 Å². The lowest BCUT2D eigenvalue weighted by Gasteiger charge is -2.34. The number of fused-ring (bicyclic) bond motifs is 1. The molecule has 4 rings (SSSR count). The van der Waals surface area contributed by atoms with Gasteiger partial charge >= 0.3 is 0 Å². The summed E-state index contributed by atoms with van der Waals surface area (Å²) < 4.78 is 19.5. The van der Waals surface area contributed by atoms with Gasteiger partial charge in [0.1, 0.15) is 5.82 Å². The second kappa shape index (κ2) is 8.35. The van der Waals surface area contributed by atoms with Crippen molar-refractivity contribution >= 4 is 17.9 Å². The molecule has 1 aliphatic rings. The molecule has 148 valence electrons. The zero-order valence-corrected chi connectivity index (χ0v) is 15.9. The summed E-state index contributed by atoms with van der Waals surface area (Å²) in [5.74, 6) is 0.305. The molecule has 1 atom stereocenters. The Balaban J connectivity index is 0.000000403. The van der Waals surface area contributed by atoms with Crippen LogP contribution in [0.15, 0.2) is 42.6 Å². The molecule has 8 heteroatoms. The van der Waals surface area contributed by atoms with Gasteiger partial charge in [0.2, 0.25) is 0 Å². The maximum atomic E-state index is 13.6. The monoisotopic (exact) mass is 386 g/mol. The van der Waals surface area contributed by atoms with E-state index in [1.807, 2.05) is 24.0 Å². The van der Waals surface area contributed by atoms with Crippen molar-refractivity contribution in [2.24, 2.45) is 0 Å². The Morgan fingerprint density at radius 1 is 1.36 bits per heavy atom. The minimum Gasteiger partial charge on any atom is -0.468 e. The number of nitrogens with zero attached hydrogens (tertiary/aromatic N) is 4. The fourth-order valence-electron chi connectivity index (χ4n) is 3.34. The molecule has 0 radical (unpaired) electrons. The van der Waals surface area contributed by atoms with E-state index in [2.05, 4.69) is 14.8 Å². The first-order chi connectivity index (χ1) is 13.5. The molecule has 1 saturated heterocycles. The van der Waals surface area contributed by atoms with Crippen LogP contribution in [0.25, 0.3) is 5.65 Å². The van der Waals surface area contributed by atoms with Gasteiger partial charge in [0.15, 0.2) is 17.2 Å². The number of anilines is 1. The lowest BCUT2D eigenvalue weighted by atomic mass is 10.00. The lowest BCUT2D eigenvalue weighted by Crippen LogP contribution is -2.42. The van der Waals surface area contributed by atoms with Crippen LogP contribution in [0.2, 0.25) is 0 Å². The third kappa shape index (κ3) is 3.82. The molecule has 3 heterocycles. The number of aromatic nitrogens is 3. The maximum Gasteiger partial charge on any atom is 0.293 e. The van der Waals surface area contributed by atoms with E-state index < -0.39 is 5.72 Å². The van der Waals surface area contributed by atoms with Crippen molar-refractivity contribution in [1.82, 2.24) is 14.6 Å². The summed E-state index contributed by atoms with van der Waals surface area (Å²) in [5.41, 5.74) is 1.01. The summed E-state index contributed by atoms with van der Waals surface area (Å²) >= 11 is 0. The van der Waals surface area contributed by atoms with E-state index in [0.717, 1.165) is 17.8 Å². The van der Waals surface area contributed by atoms with Crippen LogP contribution in [0.3, 0.4) is 0 Å². The molecule has 0 bridgehead atoms. The summed E-state index contributed by atoms with van der Waals surface area (Å²) in [5, 5.41) is 15.8. The quantitative estimate of drug-likeness (QED) is 0.695. The Morgan fingerprint density at radius 3 is 2.86 bits per heavy atom. The highest BCUT2D eigenvalue weighted by atomic mass is 19.1. The smallest absolute Gasteiger partial charge is 0.293 e. The van der Waals surface area contributed by atoms with E-state index in [9.17, 15) is 14.3 Å². The maximum absolute atomic E-state index is 13.6. The average molecular weight is 386 g/mol. The largest absolute Gasteiger partial charge is 0.468 e. The van der Waals surface area contributed by atoms with Gasteiger partial charge < -0.3 is 14.7 Å². The molecule has 0 aliphatic carbocycles. The van der Waals surface area contributed by atoms with Gasteiger partial charge in [-0.1, -0.05) is 12.1 Å². The molecule has 1 unspecified atom stereocenters. The number of hydrogen-bond donors (Lipinski definition) is 1. The Morgan fingerprint density at radius 2 is 2.18 bits per heavy atom. The van der Waals surface area contributed by atoms with Crippen molar-refractivity contribution in [3.63, 3.8) is 0 Å². The molecule has 28 heavy (non-hydrogen) atoms. The second-order valence-corrected chi connectivity index (χ2v) is 6.49. The van der Waals surface area contributed by atoms with E-state index in [4.69, 9.17) is 0 Å². The van der Waals surface area contributed by atoms with Crippen molar-refractivity contribution in [3.05, 3.63) is 59.7 Å². The minimum atomic E-state index is -1.24. The van der Waals surface area contributed by atoms with E-state index in [1.54, 1.807) is 29.8 Å². The topological polar surface area (TPSA) is 80.0 Å². The van der Waals surface area contributed by atoms with Crippen LogP contribution in [0.5, 0.6) is 0 Å². The normalized spacial score (nSPS) is 18.6. The first-order valence-electron chi connectivity index (χ1n) is 9.12. The zero-order valence-electron chi connectivity index (χ0n) is 15.9. The van der Waals surface area contributed by atoms with Crippen LogP contribution in [0.1, 0.15) is 31.0 Å². The summed E-state index contributed by atoms with van der Waals surface area (Å²) in [6.07, 6.45) is 3.11. The standard InChI is InChI=1S/C17H17FN4O.C3H6O2/c1-12-11-19-15-6-7-16(20-22(12)15)21-9-3-8-17(21,23)13-4-2-5-14(18)10-13;1-2-5-3-4/h2,4-7,10-11,23H,3,8-9H2,1H3;3H,2H2,1H3. The number of rotatable bonds is 4. The Labute approximate surface area is 162 Å². The van der Waals surface area contributed by atoms with E-state index in [-0.39, 0.29) is 5.82 Å². The van der Waals surface area contributed by atoms with Crippen molar-refractivity contribution in [2.45, 2.75) is 32.4 Å².